The molecule has 0 aromatic carbocycles. The first kappa shape index (κ1) is 16.0. The molecule has 2 fully saturated rings. The molecule has 3 aromatic heterocycles. The molecule has 0 atom stereocenters. The van der Waals surface area contributed by atoms with Crippen LogP contribution in [0.1, 0.15) is 63.8 Å². The Labute approximate surface area is 152 Å². The minimum Gasteiger partial charge on any atom is -0.302 e. The molecule has 0 bridgehead atoms. The van der Waals surface area contributed by atoms with Crippen molar-refractivity contribution in [2.75, 3.05) is 0 Å². The molecular formula is C20H25N5O. The summed E-state index contributed by atoms with van der Waals surface area (Å²) < 4.78 is 3.83. The van der Waals surface area contributed by atoms with Crippen LogP contribution in [0.4, 0.5) is 0 Å². The normalized spacial score (nSPS) is 18.7. The lowest BCUT2D eigenvalue weighted by Crippen LogP contribution is -2.25. The van der Waals surface area contributed by atoms with Crippen molar-refractivity contribution in [1.82, 2.24) is 24.1 Å². The van der Waals surface area contributed by atoms with Crippen LogP contribution in [0.2, 0.25) is 0 Å². The third-order valence-electron chi connectivity index (χ3n) is 6.24. The second kappa shape index (κ2) is 5.63. The van der Waals surface area contributed by atoms with E-state index in [4.69, 9.17) is 4.98 Å². The molecule has 2 aliphatic rings. The first-order chi connectivity index (χ1) is 12.7. The van der Waals surface area contributed by atoms with Gasteiger partial charge in [0.1, 0.15) is 5.82 Å². The number of rotatable bonds is 6. The molecule has 5 rings (SSSR count). The molecule has 0 unspecified atom stereocenters. The molecule has 2 saturated carbocycles. The van der Waals surface area contributed by atoms with Gasteiger partial charge in [-0.1, -0.05) is 20.3 Å². The number of unbranched alkanes of at least 4 members (excludes halogenated alkanes) is 1. The predicted molar refractivity (Wildman–Crippen MR) is 100 cm³/mol. The molecule has 26 heavy (non-hydrogen) atoms. The maximum Gasteiger partial charge on any atom is 0.296 e. The molecular weight excluding hydrogens is 326 g/mol. The van der Waals surface area contributed by atoms with E-state index in [0.717, 1.165) is 54.7 Å². The molecule has 6 nitrogen and oxygen atoms in total. The van der Waals surface area contributed by atoms with Gasteiger partial charge in [0.2, 0.25) is 5.65 Å². The molecule has 0 amide bonds. The SMILES string of the molecule is CCCCn1c(=O)c2nnc(C3(C4CC4)CC3)n2c2ncc(CC)cc21. The third-order valence-corrected chi connectivity index (χ3v) is 6.24. The molecule has 0 N–H and O–H groups in total. The monoisotopic (exact) mass is 351 g/mol. The van der Waals surface area contributed by atoms with Crippen LogP contribution in [-0.2, 0) is 18.4 Å². The third kappa shape index (κ3) is 2.17. The quantitative estimate of drug-likeness (QED) is 0.684. The van der Waals surface area contributed by atoms with Crippen molar-refractivity contribution in [3.63, 3.8) is 0 Å². The highest BCUT2D eigenvalue weighted by Gasteiger charge is 2.58. The van der Waals surface area contributed by atoms with Crippen LogP contribution >= 0.6 is 0 Å². The van der Waals surface area contributed by atoms with Crippen molar-refractivity contribution in [2.45, 2.75) is 70.8 Å². The largest absolute Gasteiger partial charge is 0.302 e. The summed E-state index contributed by atoms with van der Waals surface area (Å²) in [4.78, 5) is 18.0. The fourth-order valence-electron chi connectivity index (χ4n) is 4.35. The summed E-state index contributed by atoms with van der Waals surface area (Å²) in [6.07, 6.45) is 9.71. The molecule has 3 heterocycles. The first-order valence-electron chi connectivity index (χ1n) is 9.96. The second-order valence-corrected chi connectivity index (χ2v) is 7.96. The molecule has 0 aliphatic heterocycles. The zero-order valence-electron chi connectivity index (χ0n) is 15.5. The Kier molecular flexibility index (Phi) is 3.46. The molecule has 2 aliphatic carbocycles. The van der Waals surface area contributed by atoms with Gasteiger partial charge >= 0.3 is 0 Å². The molecule has 3 aromatic rings. The minimum atomic E-state index is -0.0358. The van der Waals surface area contributed by atoms with Gasteiger partial charge in [0.05, 0.1) is 5.52 Å². The van der Waals surface area contributed by atoms with Crippen molar-refractivity contribution >= 4 is 16.8 Å². The highest BCUT2D eigenvalue weighted by atomic mass is 16.1. The first-order valence-corrected chi connectivity index (χ1v) is 9.96. The number of fused-ring (bicyclic) bond motifs is 3. The van der Waals surface area contributed by atoms with Gasteiger partial charge in [-0.3, -0.25) is 9.20 Å². The highest BCUT2D eigenvalue weighted by Crippen LogP contribution is 2.61. The number of nitrogens with zero attached hydrogens (tertiary/aromatic N) is 5. The van der Waals surface area contributed by atoms with E-state index in [0.29, 0.717) is 18.1 Å². The van der Waals surface area contributed by atoms with Gasteiger partial charge in [0, 0.05) is 18.2 Å². The summed E-state index contributed by atoms with van der Waals surface area (Å²) in [5.41, 5.74) is 3.44. The van der Waals surface area contributed by atoms with Gasteiger partial charge in [-0.15, -0.1) is 10.2 Å². The average molecular weight is 351 g/mol. The molecule has 0 radical (unpaired) electrons. The van der Waals surface area contributed by atoms with E-state index in [-0.39, 0.29) is 11.0 Å². The Balaban J connectivity index is 1.83. The maximum atomic E-state index is 13.2. The van der Waals surface area contributed by atoms with Crippen LogP contribution in [0.25, 0.3) is 16.8 Å². The van der Waals surface area contributed by atoms with E-state index in [1.165, 1.54) is 12.8 Å². The zero-order valence-corrected chi connectivity index (χ0v) is 15.5. The molecule has 6 heteroatoms. The Morgan fingerprint density at radius 3 is 2.65 bits per heavy atom. The fourth-order valence-corrected chi connectivity index (χ4v) is 4.35. The van der Waals surface area contributed by atoms with Crippen molar-refractivity contribution in [3.8, 4) is 0 Å². The number of hydrogen-bond acceptors (Lipinski definition) is 4. The zero-order chi connectivity index (χ0) is 17.9. The van der Waals surface area contributed by atoms with E-state index < -0.39 is 0 Å². The van der Waals surface area contributed by atoms with E-state index in [2.05, 4.69) is 30.1 Å². The van der Waals surface area contributed by atoms with Gasteiger partial charge < -0.3 is 4.57 Å². The van der Waals surface area contributed by atoms with Crippen LogP contribution in [0, 0.1) is 5.92 Å². The van der Waals surface area contributed by atoms with Crippen LogP contribution in [-0.4, -0.2) is 24.1 Å². The van der Waals surface area contributed by atoms with Crippen molar-refractivity contribution in [1.29, 1.82) is 0 Å². The molecule has 0 spiro atoms. The van der Waals surface area contributed by atoms with E-state index >= 15 is 0 Å². The van der Waals surface area contributed by atoms with E-state index in [1.807, 2.05) is 15.2 Å². The second-order valence-electron chi connectivity index (χ2n) is 7.96. The van der Waals surface area contributed by atoms with Crippen LogP contribution < -0.4 is 5.56 Å². The lowest BCUT2D eigenvalue weighted by atomic mass is 10.00. The molecule has 136 valence electrons. The average Bonchev–Trinajstić information content (AvgIpc) is 3.58. The number of aryl methyl sites for hydroxylation is 2. The lowest BCUT2D eigenvalue weighted by molar-refractivity contribution is 0.552. The summed E-state index contributed by atoms with van der Waals surface area (Å²) in [7, 11) is 0. The number of pyridine rings is 1. The van der Waals surface area contributed by atoms with Crippen LogP contribution in [0.3, 0.4) is 0 Å². The van der Waals surface area contributed by atoms with Crippen molar-refractivity contribution in [3.05, 3.63) is 34.0 Å². The summed E-state index contributed by atoms with van der Waals surface area (Å²) in [5.74, 6) is 1.68. The standard InChI is InChI=1S/C20H25N5O/c1-3-5-10-24-15-11-13(4-2)12-21-16(15)25-17(18(24)26)22-23-19(25)20(8-9-20)14-6-7-14/h11-12,14H,3-10H2,1-2H3. The number of aromatic nitrogens is 5. The Morgan fingerprint density at radius 2 is 2.00 bits per heavy atom. The fraction of sp³-hybridized carbons (Fsp3) is 0.600. The number of hydrogen-bond donors (Lipinski definition) is 0. The van der Waals surface area contributed by atoms with Crippen molar-refractivity contribution in [2.24, 2.45) is 5.92 Å². The summed E-state index contributed by atoms with van der Waals surface area (Å²) >= 11 is 0. The molecule has 0 saturated heterocycles. The summed E-state index contributed by atoms with van der Waals surface area (Å²) in [6.45, 7) is 4.96. The summed E-state index contributed by atoms with van der Waals surface area (Å²) in [6, 6.07) is 2.12. The summed E-state index contributed by atoms with van der Waals surface area (Å²) in [5, 5.41) is 8.86. The maximum absolute atomic E-state index is 13.2. The van der Waals surface area contributed by atoms with Crippen LogP contribution in [0.15, 0.2) is 17.1 Å². The Bertz CT molecular complexity index is 1060. The minimum absolute atomic E-state index is 0.0358. The van der Waals surface area contributed by atoms with Gasteiger partial charge in [-0.05, 0) is 56.1 Å². The van der Waals surface area contributed by atoms with E-state index in [1.54, 1.807) is 0 Å². The van der Waals surface area contributed by atoms with Crippen molar-refractivity contribution < 1.29 is 0 Å². The Morgan fingerprint density at radius 1 is 1.19 bits per heavy atom. The van der Waals surface area contributed by atoms with Gasteiger partial charge in [-0.25, -0.2) is 4.98 Å². The predicted octanol–water partition coefficient (Wildman–Crippen LogP) is 3.24. The topological polar surface area (TPSA) is 65.1 Å². The van der Waals surface area contributed by atoms with Crippen LogP contribution in [0.5, 0.6) is 0 Å². The highest BCUT2D eigenvalue weighted by molar-refractivity contribution is 5.75. The van der Waals surface area contributed by atoms with Gasteiger partial charge in [0.25, 0.3) is 5.56 Å². The van der Waals surface area contributed by atoms with Gasteiger partial charge in [-0.2, -0.15) is 0 Å². The lowest BCUT2D eigenvalue weighted by Gasteiger charge is -2.15. The Hall–Kier alpha value is -2.24. The smallest absolute Gasteiger partial charge is 0.296 e. The van der Waals surface area contributed by atoms with Gasteiger partial charge in [0.15, 0.2) is 5.65 Å². The van der Waals surface area contributed by atoms with E-state index in [9.17, 15) is 4.79 Å².